The number of hydrogen-bond donors (Lipinski definition) is 1. The first-order valence-corrected chi connectivity index (χ1v) is 4.19. The Kier molecular flexibility index (Phi) is 3.49. The zero-order valence-corrected chi connectivity index (χ0v) is 7.32. The number of hydrogen-bond acceptors (Lipinski definition) is 3. The SMILES string of the molecule is COCCCN1CC(O)CC1=O. The first-order valence-electron chi connectivity index (χ1n) is 4.19. The molecule has 4 nitrogen and oxygen atoms in total. The fourth-order valence-corrected chi connectivity index (χ4v) is 1.37. The number of rotatable bonds is 4. The molecule has 4 heteroatoms. The minimum absolute atomic E-state index is 0.0543. The smallest absolute Gasteiger partial charge is 0.225 e. The average molecular weight is 173 g/mol. The third-order valence-electron chi connectivity index (χ3n) is 1.97. The van der Waals surface area contributed by atoms with E-state index in [1.165, 1.54) is 0 Å². The summed E-state index contributed by atoms with van der Waals surface area (Å²) in [4.78, 5) is 12.8. The van der Waals surface area contributed by atoms with Crippen molar-refractivity contribution in [1.29, 1.82) is 0 Å². The quantitative estimate of drug-likeness (QED) is 0.589. The number of likely N-dealkylation sites (tertiary alicyclic amines) is 1. The summed E-state index contributed by atoms with van der Waals surface area (Å²) in [5.74, 6) is 0.0543. The van der Waals surface area contributed by atoms with E-state index in [0.29, 0.717) is 19.7 Å². The minimum Gasteiger partial charge on any atom is -0.391 e. The Morgan fingerprint density at radius 3 is 3.00 bits per heavy atom. The number of carbonyl (C=O) groups excluding carboxylic acids is 1. The molecule has 70 valence electrons. The average Bonchev–Trinajstić information content (AvgIpc) is 2.31. The molecule has 1 aliphatic rings. The highest BCUT2D eigenvalue weighted by Gasteiger charge is 2.26. The van der Waals surface area contributed by atoms with E-state index in [1.54, 1.807) is 12.0 Å². The molecular weight excluding hydrogens is 158 g/mol. The van der Waals surface area contributed by atoms with E-state index in [1.807, 2.05) is 0 Å². The number of ether oxygens (including phenoxy) is 1. The molecule has 0 saturated carbocycles. The van der Waals surface area contributed by atoms with Crippen molar-refractivity contribution in [3.8, 4) is 0 Å². The summed E-state index contributed by atoms with van der Waals surface area (Å²) < 4.78 is 4.86. The number of amides is 1. The maximum absolute atomic E-state index is 11.1. The summed E-state index contributed by atoms with van der Waals surface area (Å²) >= 11 is 0. The van der Waals surface area contributed by atoms with Crippen LogP contribution in [0.3, 0.4) is 0 Å². The summed E-state index contributed by atoms with van der Waals surface area (Å²) in [6, 6.07) is 0. The molecule has 12 heavy (non-hydrogen) atoms. The highest BCUT2D eigenvalue weighted by Crippen LogP contribution is 2.10. The van der Waals surface area contributed by atoms with Gasteiger partial charge in [-0.15, -0.1) is 0 Å². The molecule has 1 aliphatic heterocycles. The van der Waals surface area contributed by atoms with E-state index < -0.39 is 6.10 Å². The van der Waals surface area contributed by atoms with Gasteiger partial charge in [0.1, 0.15) is 0 Å². The maximum atomic E-state index is 11.1. The fourth-order valence-electron chi connectivity index (χ4n) is 1.37. The molecule has 1 amide bonds. The van der Waals surface area contributed by atoms with Gasteiger partial charge >= 0.3 is 0 Å². The van der Waals surface area contributed by atoms with Crippen LogP contribution in [0.2, 0.25) is 0 Å². The third-order valence-corrected chi connectivity index (χ3v) is 1.97. The number of aliphatic hydroxyl groups excluding tert-OH is 1. The Bertz CT molecular complexity index is 160. The van der Waals surface area contributed by atoms with E-state index in [4.69, 9.17) is 9.84 Å². The lowest BCUT2D eigenvalue weighted by Gasteiger charge is -2.14. The molecule has 0 aromatic heterocycles. The van der Waals surface area contributed by atoms with Crippen LogP contribution < -0.4 is 0 Å². The standard InChI is InChI=1S/C8H15NO3/c1-12-4-2-3-9-6-7(10)5-8(9)11/h7,10H,2-6H2,1H3. The van der Waals surface area contributed by atoms with Crippen LogP contribution in [-0.2, 0) is 9.53 Å². The van der Waals surface area contributed by atoms with Crippen LogP contribution in [0.25, 0.3) is 0 Å². The van der Waals surface area contributed by atoms with Crippen LogP contribution in [0.15, 0.2) is 0 Å². The zero-order chi connectivity index (χ0) is 8.97. The summed E-state index contributed by atoms with van der Waals surface area (Å²) in [6.45, 7) is 1.85. The molecule has 0 bridgehead atoms. The van der Waals surface area contributed by atoms with Gasteiger partial charge in [0.05, 0.1) is 12.5 Å². The van der Waals surface area contributed by atoms with Crippen molar-refractivity contribution in [3.05, 3.63) is 0 Å². The molecule has 1 unspecified atom stereocenters. The topological polar surface area (TPSA) is 49.8 Å². The molecule has 0 aromatic carbocycles. The van der Waals surface area contributed by atoms with Gasteiger partial charge in [-0.3, -0.25) is 4.79 Å². The molecule has 1 atom stereocenters. The molecule has 1 saturated heterocycles. The Morgan fingerprint density at radius 1 is 1.75 bits per heavy atom. The Morgan fingerprint density at radius 2 is 2.50 bits per heavy atom. The second-order valence-corrected chi connectivity index (χ2v) is 3.04. The van der Waals surface area contributed by atoms with E-state index in [0.717, 1.165) is 6.42 Å². The highest BCUT2D eigenvalue weighted by molar-refractivity contribution is 5.78. The van der Waals surface area contributed by atoms with Gasteiger partial charge in [-0.05, 0) is 6.42 Å². The number of carbonyl (C=O) groups is 1. The van der Waals surface area contributed by atoms with Gasteiger partial charge in [-0.1, -0.05) is 0 Å². The summed E-state index contributed by atoms with van der Waals surface area (Å²) in [6.07, 6.45) is 0.669. The Balaban J connectivity index is 2.19. The highest BCUT2D eigenvalue weighted by atomic mass is 16.5. The lowest BCUT2D eigenvalue weighted by Crippen LogP contribution is -2.27. The summed E-state index contributed by atoms with van der Waals surface area (Å²) in [7, 11) is 1.64. The first kappa shape index (κ1) is 9.48. The molecule has 1 rings (SSSR count). The predicted octanol–water partition coefficient (Wildman–Crippen LogP) is -0.384. The minimum atomic E-state index is -0.458. The molecule has 0 aliphatic carbocycles. The number of β-amino-alcohol motifs (C(OH)–C–C–N with tert-alkyl or cyclic N) is 1. The van der Waals surface area contributed by atoms with Crippen molar-refractivity contribution in [2.45, 2.75) is 18.9 Å². The molecule has 1 heterocycles. The van der Waals surface area contributed by atoms with E-state index in [-0.39, 0.29) is 12.3 Å². The second kappa shape index (κ2) is 4.42. The van der Waals surface area contributed by atoms with Crippen molar-refractivity contribution >= 4 is 5.91 Å². The lowest BCUT2D eigenvalue weighted by molar-refractivity contribution is -0.127. The van der Waals surface area contributed by atoms with Gasteiger partial charge in [-0.2, -0.15) is 0 Å². The van der Waals surface area contributed by atoms with Crippen molar-refractivity contribution in [1.82, 2.24) is 4.90 Å². The lowest BCUT2D eigenvalue weighted by atomic mass is 10.3. The van der Waals surface area contributed by atoms with Gasteiger partial charge in [-0.25, -0.2) is 0 Å². The fraction of sp³-hybridized carbons (Fsp3) is 0.875. The third kappa shape index (κ3) is 2.46. The molecule has 0 aromatic rings. The Labute approximate surface area is 72.1 Å². The van der Waals surface area contributed by atoms with Crippen LogP contribution in [0.1, 0.15) is 12.8 Å². The first-order chi connectivity index (χ1) is 5.74. The van der Waals surface area contributed by atoms with Crippen LogP contribution in [-0.4, -0.2) is 48.8 Å². The predicted molar refractivity (Wildman–Crippen MR) is 43.7 cm³/mol. The molecule has 0 spiro atoms. The van der Waals surface area contributed by atoms with Crippen LogP contribution in [0, 0.1) is 0 Å². The number of aliphatic hydroxyl groups is 1. The van der Waals surface area contributed by atoms with Gasteiger partial charge in [0.15, 0.2) is 0 Å². The van der Waals surface area contributed by atoms with Crippen molar-refractivity contribution in [2.75, 3.05) is 26.8 Å². The van der Waals surface area contributed by atoms with Crippen molar-refractivity contribution < 1.29 is 14.6 Å². The van der Waals surface area contributed by atoms with E-state index in [9.17, 15) is 4.79 Å². The monoisotopic (exact) mass is 173 g/mol. The Hall–Kier alpha value is -0.610. The van der Waals surface area contributed by atoms with Gasteiger partial charge in [0, 0.05) is 26.8 Å². The normalized spacial score (nSPS) is 23.7. The summed E-state index contributed by atoms with van der Waals surface area (Å²) in [5, 5.41) is 9.13. The van der Waals surface area contributed by atoms with Gasteiger partial charge < -0.3 is 14.7 Å². The van der Waals surface area contributed by atoms with Crippen molar-refractivity contribution in [3.63, 3.8) is 0 Å². The van der Waals surface area contributed by atoms with Crippen LogP contribution in [0.5, 0.6) is 0 Å². The largest absolute Gasteiger partial charge is 0.391 e. The van der Waals surface area contributed by atoms with Crippen molar-refractivity contribution in [2.24, 2.45) is 0 Å². The van der Waals surface area contributed by atoms with Gasteiger partial charge in [0.25, 0.3) is 0 Å². The number of methoxy groups -OCH3 is 1. The van der Waals surface area contributed by atoms with Crippen LogP contribution >= 0.6 is 0 Å². The second-order valence-electron chi connectivity index (χ2n) is 3.04. The molecular formula is C8H15NO3. The molecule has 1 N–H and O–H groups in total. The van der Waals surface area contributed by atoms with E-state index >= 15 is 0 Å². The van der Waals surface area contributed by atoms with E-state index in [2.05, 4.69) is 0 Å². The van der Waals surface area contributed by atoms with Crippen LogP contribution in [0.4, 0.5) is 0 Å². The van der Waals surface area contributed by atoms with Gasteiger partial charge in [0.2, 0.25) is 5.91 Å². The molecule has 1 fully saturated rings. The zero-order valence-electron chi connectivity index (χ0n) is 7.32. The summed E-state index contributed by atoms with van der Waals surface area (Å²) in [5.41, 5.74) is 0. The number of nitrogens with zero attached hydrogens (tertiary/aromatic N) is 1. The maximum Gasteiger partial charge on any atom is 0.225 e. The molecule has 0 radical (unpaired) electrons.